The smallest absolute Gasteiger partial charge is 0.356 e. The molecule has 2 saturated heterocycles. The van der Waals surface area contributed by atoms with Gasteiger partial charge >= 0.3 is 5.97 Å². The van der Waals surface area contributed by atoms with Gasteiger partial charge in [0.1, 0.15) is 11.2 Å². The van der Waals surface area contributed by atoms with Crippen molar-refractivity contribution in [3.05, 3.63) is 51.9 Å². The van der Waals surface area contributed by atoms with Crippen LogP contribution in [0.25, 0.3) is 11.0 Å². The molecule has 174 valence electrons. The topological polar surface area (TPSA) is 124 Å². The first-order valence-corrected chi connectivity index (χ1v) is 11.4. The summed E-state index contributed by atoms with van der Waals surface area (Å²) in [7, 11) is 0. The van der Waals surface area contributed by atoms with Gasteiger partial charge in [-0.25, -0.2) is 19.7 Å². The molecule has 5 rings (SSSR count). The Bertz CT molecular complexity index is 1340. The highest BCUT2D eigenvalue weighted by atomic mass is 35.5. The van der Waals surface area contributed by atoms with E-state index in [1.54, 1.807) is 12.1 Å². The van der Waals surface area contributed by atoms with Gasteiger partial charge in [0.05, 0.1) is 41.4 Å². The number of carbonyl (C=O) groups is 1. The van der Waals surface area contributed by atoms with Crippen molar-refractivity contribution in [3.8, 4) is 6.07 Å². The Morgan fingerprint density at radius 2 is 2.09 bits per heavy atom. The minimum atomic E-state index is -1.17. The highest BCUT2D eigenvalue weighted by Crippen LogP contribution is 2.41. The van der Waals surface area contributed by atoms with E-state index in [1.807, 2.05) is 26.0 Å². The molecule has 3 aromatic rings. The van der Waals surface area contributed by atoms with Crippen molar-refractivity contribution < 1.29 is 14.6 Å². The van der Waals surface area contributed by atoms with E-state index in [0.29, 0.717) is 28.2 Å². The number of halogens is 1. The van der Waals surface area contributed by atoms with Gasteiger partial charge in [-0.05, 0) is 37.1 Å². The Balaban J connectivity index is 1.56. The van der Waals surface area contributed by atoms with Crippen molar-refractivity contribution in [2.75, 3.05) is 36.5 Å². The van der Waals surface area contributed by atoms with E-state index in [1.165, 1.54) is 0 Å². The second-order valence-electron chi connectivity index (χ2n) is 8.96. The van der Waals surface area contributed by atoms with Crippen LogP contribution in [0.2, 0.25) is 5.15 Å². The lowest BCUT2D eigenvalue weighted by atomic mass is 9.78. The standard InChI is InChI=1S/C24H23ClN6O3/c1-3-14-6-15(13(2)27-16-4-5-19(25)29-21(16)23(32)33)20-17(7-14)28-18(8-26)22(30-20)31-9-24(10-31)11-34-12-24/h4-7,13,27H,3,9-12H2,1-2H3,(H,32,33)/t13-/m1/s1. The van der Waals surface area contributed by atoms with E-state index in [-0.39, 0.29) is 22.3 Å². The summed E-state index contributed by atoms with van der Waals surface area (Å²) < 4.78 is 5.37. The number of nitriles is 1. The average molecular weight is 479 g/mol. The van der Waals surface area contributed by atoms with Crippen LogP contribution >= 0.6 is 11.6 Å². The second-order valence-corrected chi connectivity index (χ2v) is 9.35. The Kier molecular flexibility index (Phi) is 5.50. The molecule has 1 atom stereocenters. The van der Waals surface area contributed by atoms with Gasteiger partial charge in [0.2, 0.25) is 0 Å². The molecule has 2 fully saturated rings. The van der Waals surface area contributed by atoms with Gasteiger partial charge in [-0.3, -0.25) is 0 Å². The highest BCUT2D eigenvalue weighted by Gasteiger charge is 2.50. The summed E-state index contributed by atoms with van der Waals surface area (Å²) in [5.74, 6) is -0.596. The number of ether oxygens (including phenoxy) is 1. The van der Waals surface area contributed by atoms with Crippen LogP contribution in [0.5, 0.6) is 0 Å². The Morgan fingerprint density at radius 1 is 1.32 bits per heavy atom. The minimum absolute atomic E-state index is 0.109. The lowest BCUT2D eigenvalue weighted by Gasteiger charge is -2.55. The lowest BCUT2D eigenvalue weighted by molar-refractivity contribution is -0.127. The molecule has 2 N–H and O–H groups in total. The van der Waals surface area contributed by atoms with Gasteiger partial charge in [-0.1, -0.05) is 24.6 Å². The van der Waals surface area contributed by atoms with Crippen LogP contribution in [-0.2, 0) is 11.2 Å². The van der Waals surface area contributed by atoms with Crippen molar-refractivity contribution in [3.63, 3.8) is 0 Å². The number of fused-ring (bicyclic) bond motifs is 1. The summed E-state index contributed by atoms with van der Waals surface area (Å²) >= 11 is 5.90. The summed E-state index contributed by atoms with van der Waals surface area (Å²) in [4.78, 5) is 27.3. The van der Waals surface area contributed by atoms with E-state index in [0.717, 1.165) is 43.9 Å². The van der Waals surface area contributed by atoms with Gasteiger partial charge in [-0.2, -0.15) is 5.26 Å². The number of anilines is 2. The fourth-order valence-electron chi connectivity index (χ4n) is 4.58. The Labute approximate surface area is 201 Å². The van der Waals surface area contributed by atoms with Crippen molar-refractivity contribution >= 4 is 40.1 Å². The minimum Gasteiger partial charge on any atom is -0.476 e. The number of rotatable bonds is 6. The van der Waals surface area contributed by atoms with Crippen molar-refractivity contribution in [2.24, 2.45) is 5.41 Å². The summed E-state index contributed by atoms with van der Waals surface area (Å²) in [6, 6.07) is 9.04. The molecule has 9 nitrogen and oxygen atoms in total. The summed E-state index contributed by atoms with van der Waals surface area (Å²) in [5, 5.41) is 22.7. The number of pyridine rings is 1. The van der Waals surface area contributed by atoms with Gasteiger partial charge < -0.3 is 20.1 Å². The molecular weight excluding hydrogens is 456 g/mol. The van der Waals surface area contributed by atoms with E-state index in [4.69, 9.17) is 21.3 Å². The zero-order valence-corrected chi connectivity index (χ0v) is 19.6. The van der Waals surface area contributed by atoms with Crippen LogP contribution in [0.4, 0.5) is 11.5 Å². The van der Waals surface area contributed by atoms with Crippen LogP contribution in [0.15, 0.2) is 24.3 Å². The predicted octanol–water partition coefficient (Wildman–Crippen LogP) is 3.82. The lowest BCUT2D eigenvalue weighted by Crippen LogP contribution is -2.66. The van der Waals surface area contributed by atoms with E-state index in [9.17, 15) is 15.2 Å². The van der Waals surface area contributed by atoms with Gasteiger partial charge in [0.15, 0.2) is 17.2 Å². The monoisotopic (exact) mass is 478 g/mol. The number of nitrogens with one attached hydrogen (secondary N) is 1. The van der Waals surface area contributed by atoms with Gasteiger partial charge in [0.25, 0.3) is 0 Å². The zero-order valence-electron chi connectivity index (χ0n) is 18.8. The quantitative estimate of drug-likeness (QED) is 0.508. The third kappa shape index (κ3) is 3.79. The molecule has 4 heterocycles. The molecule has 10 heteroatoms. The van der Waals surface area contributed by atoms with Gasteiger partial charge in [-0.15, -0.1) is 0 Å². The number of aromatic nitrogens is 3. The number of carboxylic acids is 1. The Morgan fingerprint density at radius 3 is 2.71 bits per heavy atom. The third-order valence-corrected chi connectivity index (χ3v) is 6.64. The van der Waals surface area contributed by atoms with Crippen molar-refractivity contribution in [2.45, 2.75) is 26.3 Å². The molecule has 34 heavy (non-hydrogen) atoms. The van der Waals surface area contributed by atoms with Crippen LogP contribution < -0.4 is 10.2 Å². The number of carboxylic acid groups (broad SMARTS) is 1. The highest BCUT2D eigenvalue weighted by molar-refractivity contribution is 6.29. The van der Waals surface area contributed by atoms with Crippen LogP contribution in [0, 0.1) is 16.7 Å². The molecule has 2 aliphatic heterocycles. The molecule has 0 aliphatic carbocycles. The second kappa shape index (κ2) is 8.38. The largest absolute Gasteiger partial charge is 0.476 e. The molecule has 0 radical (unpaired) electrons. The SMILES string of the molecule is CCc1cc([C@@H](C)Nc2ccc(Cl)nc2C(=O)O)c2nc(N3CC4(COC4)C3)c(C#N)nc2c1. The number of hydrogen-bond donors (Lipinski definition) is 2. The van der Waals surface area contributed by atoms with Gasteiger partial charge in [0, 0.05) is 18.7 Å². The molecule has 1 spiro atoms. The maximum absolute atomic E-state index is 11.7. The molecule has 2 aromatic heterocycles. The molecule has 0 bridgehead atoms. The van der Waals surface area contributed by atoms with Crippen LogP contribution in [0.1, 0.15) is 47.2 Å². The summed E-state index contributed by atoms with van der Waals surface area (Å²) in [6.45, 7) is 7.02. The molecule has 1 aromatic carbocycles. The third-order valence-electron chi connectivity index (χ3n) is 6.43. The number of hydrogen-bond acceptors (Lipinski definition) is 8. The fraction of sp³-hybridized carbons (Fsp3) is 0.375. The van der Waals surface area contributed by atoms with Crippen molar-refractivity contribution in [1.29, 1.82) is 5.26 Å². The number of nitrogens with zero attached hydrogens (tertiary/aromatic N) is 5. The normalized spacial score (nSPS) is 17.1. The summed E-state index contributed by atoms with van der Waals surface area (Å²) in [5.41, 5.74) is 3.90. The molecular formula is C24H23ClN6O3. The number of aromatic carboxylic acids is 1. The first-order valence-electron chi connectivity index (χ1n) is 11.1. The summed E-state index contributed by atoms with van der Waals surface area (Å²) in [6.07, 6.45) is 0.776. The predicted molar refractivity (Wildman–Crippen MR) is 127 cm³/mol. The Hall–Kier alpha value is -3.48. The van der Waals surface area contributed by atoms with Crippen molar-refractivity contribution in [1.82, 2.24) is 15.0 Å². The zero-order chi connectivity index (χ0) is 24.0. The van der Waals surface area contributed by atoms with E-state index < -0.39 is 5.97 Å². The first kappa shape index (κ1) is 22.3. The fourth-order valence-corrected chi connectivity index (χ4v) is 4.73. The van der Waals surface area contributed by atoms with Crippen LogP contribution in [0.3, 0.4) is 0 Å². The maximum Gasteiger partial charge on any atom is 0.356 e. The number of benzene rings is 1. The van der Waals surface area contributed by atoms with Crippen LogP contribution in [-0.4, -0.2) is 52.3 Å². The molecule has 2 aliphatic rings. The average Bonchev–Trinajstić information content (AvgIpc) is 2.76. The van der Waals surface area contributed by atoms with E-state index >= 15 is 0 Å². The number of aryl methyl sites for hydroxylation is 1. The maximum atomic E-state index is 11.7. The molecule has 0 saturated carbocycles. The van der Waals surface area contributed by atoms with E-state index in [2.05, 4.69) is 26.3 Å². The molecule has 0 unspecified atom stereocenters. The molecule has 0 amide bonds. The first-order chi connectivity index (χ1) is 16.3.